The molecule has 3 N–H and O–H groups in total. The highest BCUT2D eigenvalue weighted by Gasteiger charge is 2.66. The molecule has 1 aliphatic heterocycles. The standard InChI is InChI=1S/C17H15F3N2O4S/c1-26-10-6-4-9(5-7-10)13-12(14(23)11-3-2-8-27-11)16(25,17(18,19)20)22-15(24)21-13/h2-8,12-13,25H,1H3,(H2,21,22,24)/t12-,13+,16-/m1/s1. The molecule has 2 amide bonds. The molecule has 0 unspecified atom stereocenters. The van der Waals surface area contributed by atoms with Gasteiger partial charge >= 0.3 is 12.2 Å². The average Bonchev–Trinajstić information content (AvgIpc) is 3.14. The van der Waals surface area contributed by atoms with E-state index in [0.29, 0.717) is 5.75 Å². The highest BCUT2D eigenvalue weighted by molar-refractivity contribution is 7.12. The number of methoxy groups -OCH3 is 1. The van der Waals surface area contributed by atoms with Crippen LogP contribution in [-0.4, -0.2) is 35.9 Å². The maximum atomic E-state index is 13.7. The van der Waals surface area contributed by atoms with Gasteiger partial charge in [0.05, 0.1) is 18.0 Å². The number of nitrogens with one attached hydrogen (secondary N) is 2. The van der Waals surface area contributed by atoms with Crippen LogP contribution in [0.1, 0.15) is 21.3 Å². The minimum atomic E-state index is -5.27. The number of urea groups is 1. The maximum Gasteiger partial charge on any atom is 0.437 e. The molecule has 0 saturated carbocycles. The summed E-state index contributed by atoms with van der Waals surface area (Å²) in [6.07, 6.45) is -5.27. The third-order valence-electron chi connectivity index (χ3n) is 4.33. The molecular weight excluding hydrogens is 385 g/mol. The predicted octanol–water partition coefficient (Wildman–Crippen LogP) is 2.86. The Hall–Kier alpha value is -2.59. The number of hydrogen-bond acceptors (Lipinski definition) is 5. The molecule has 3 atom stereocenters. The summed E-state index contributed by atoms with van der Waals surface area (Å²) in [5.74, 6) is -2.51. The minimum absolute atomic E-state index is 0.0409. The number of amides is 2. The van der Waals surface area contributed by atoms with Gasteiger partial charge in [-0.15, -0.1) is 11.3 Å². The highest BCUT2D eigenvalue weighted by Crippen LogP contribution is 2.44. The zero-order valence-electron chi connectivity index (χ0n) is 13.9. The number of carbonyl (C=O) groups is 2. The first-order chi connectivity index (χ1) is 12.7. The molecule has 0 radical (unpaired) electrons. The largest absolute Gasteiger partial charge is 0.497 e. The summed E-state index contributed by atoms with van der Waals surface area (Å²) in [7, 11) is 1.42. The fraction of sp³-hybridized carbons (Fsp3) is 0.294. The van der Waals surface area contributed by atoms with E-state index in [1.54, 1.807) is 0 Å². The third-order valence-corrected chi connectivity index (χ3v) is 5.21. The van der Waals surface area contributed by atoms with Crippen LogP contribution in [0.5, 0.6) is 5.75 Å². The smallest absolute Gasteiger partial charge is 0.437 e. The van der Waals surface area contributed by atoms with Gasteiger partial charge < -0.3 is 20.5 Å². The Morgan fingerprint density at radius 1 is 1.26 bits per heavy atom. The Balaban J connectivity index is 2.12. The number of Topliss-reactive ketones (excluding diaryl/α,β-unsaturated/α-hetero) is 1. The van der Waals surface area contributed by atoms with Gasteiger partial charge in [-0.25, -0.2) is 4.79 Å². The van der Waals surface area contributed by atoms with Gasteiger partial charge in [-0.05, 0) is 29.1 Å². The summed E-state index contributed by atoms with van der Waals surface area (Å²) in [4.78, 5) is 24.8. The predicted molar refractivity (Wildman–Crippen MR) is 90.5 cm³/mol. The first-order valence-electron chi connectivity index (χ1n) is 7.77. The van der Waals surface area contributed by atoms with Gasteiger partial charge in [0, 0.05) is 0 Å². The second-order valence-corrected chi connectivity index (χ2v) is 6.88. The Morgan fingerprint density at radius 2 is 1.93 bits per heavy atom. The zero-order valence-corrected chi connectivity index (χ0v) is 14.7. The van der Waals surface area contributed by atoms with Crippen LogP contribution in [0.15, 0.2) is 41.8 Å². The minimum Gasteiger partial charge on any atom is -0.497 e. The number of rotatable bonds is 4. The molecule has 1 aliphatic rings. The van der Waals surface area contributed by atoms with Crippen molar-refractivity contribution in [3.05, 3.63) is 52.2 Å². The SMILES string of the molecule is COc1ccc([C@@H]2NC(=O)N[C@](O)(C(F)(F)F)[C@H]2C(=O)c2cccs2)cc1. The van der Waals surface area contributed by atoms with Crippen LogP contribution in [0.4, 0.5) is 18.0 Å². The number of aliphatic hydroxyl groups is 1. The average molecular weight is 400 g/mol. The van der Waals surface area contributed by atoms with Crippen molar-refractivity contribution >= 4 is 23.2 Å². The van der Waals surface area contributed by atoms with Crippen LogP contribution in [0.25, 0.3) is 0 Å². The second kappa shape index (κ2) is 6.86. The molecule has 2 heterocycles. The fourth-order valence-electron chi connectivity index (χ4n) is 3.00. The summed E-state index contributed by atoms with van der Waals surface area (Å²) >= 11 is 0.952. The van der Waals surface area contributed by atoms with E-state index in [1.807, 2.05) is 0 Å². The first-order valence-corrected chi connectivity index (χ1v) is 8.65. The van der Waals surface area contributed by atoms with Gasteiger partial charge in [-0.2, -0.15) is 13.2 Å². The van der Waals surface area contributed by atoms with Crippen molar-refractivity contribution in [1.29, 1.82) is 0 Å². The second-order valence-electron chi connectivity index (χ2n) is 5.93. The van der Waals surface area contributed by atoms with Gasteiger partial charge in [0.2, 0.25) is 5.72 Å². The van der Waals surface area contributed by atoms with Crippen LogP contribution >= 0.6 is 11.3 Å². The van der Waals surface area contributed by atoms with Crippen molar-refractivity contribution in [1.82, 2.24) is 10.6 Å². The summed E-state index contributed by atoms with van der Waals surface area (Å²) in [6.45, 7) is 0. The van der Waals surface area contributed by atoms with E-state index in [0.717, 1.165) is 11.3 Å². The number of alkyl halides is 3. The van der Waals surface area contributed by atoms with Gasteiger partial charge in [0.25, 0.3) is 0 Å². The Labute approximate surface area is 156 Å². The van der Waals surface area contributed by atoms with E-state index in [9.17, 15) is 27.9 Å². The number of thiophene rings is 1. The van der Waals surface area contributed by atoms with E-state index in [-0.39, 0.29) is 10.4 Å². The summed E-state index contributed by atoms with van der Waals surface area (Å²) in [5, 5.41) is 15.8. The summed E-state index contributed by atoms with van der Waals surface area (Å²) in [5.41, 5.74) is -3.50. The van der Waals surface area contributed by atoms with Gasteiger partial charge in [-0.1, -0.05) is 18.2 Å². The maximum absolute atomic E-state index is 13.7. The normalized spacial score (nSPS) is 25.4. The monoisotopic (exact) mass is 400 g/mol. The Bertz CT molecular complexity index is 839. The van der Waals surface area contributed by atoms with Crippen LogP contribution in [0.3, 0.4) is 0 Å². The lowest BCUT2D eigenvalue weighted by Gasteiger charge is -2.44. The van der Waals surface area contributed by atoms with E-state index in [4.69, 9.17) is 4.74 Å². The van der Waals surface area contributed by atoms with Crippen LogP contribution in [0, 0.1) is 5.92 Å². The van der Waals surface area contributed by atoms with Gasteiger partial charge in [-0.3, -0.25) is 4.79 Å². The number of carbonyl (C=O) groups excluding carboxylic acids is 2. The first kappa shape index (κ1) is 19.2. The lowest BCUT2D eigenvalue weighted by Crippen LogP contribution is -2.72. The molecule has 0 aliphatic carbocycles. The number of halogens is 3. The third kappa shape index (κ3) is 3.37. The van der Waals surface area contributed by atoms with Crippen LogP contribution < -0.4 is 15.4 Å². The Kier molecular flexibility index (Phi) is 4.87. The Morgan fingerprint density at radius 3 is 2.44 bits per heavy atom. The molecule has 2 aromatic rings. The van der Waals surface area contributed by atoms with Crippen molar-refractivity contribution < 1.29 is 32.6 Å². The van der Waals surface area contributed by atoms with E-state index < -0.39 is 35.7 Å². The summed E-state index contributed by atoms with van der Waals surface area (Å²) in [6, 6.07) is 6.09. The number of ether oxygens (including phenoxy) is 1. The van der Waals surface area contributed by atoms with E-state index >= 15 is 0 Å². The molecule has 10 heteroatoms. The molecule has 1 saturated heterocycles. The van der Waals surface area contributed by atoms with Crippen molar-refractivity contribution in [3.63, 3.8) is 0 Å². The lowest BCUT2D eigenvalue weighted by molar-refractivity contribution is -0.287. The number of benzene rings is 1. The molecule has 27 heavy (non-hydrogen) atoms. The number of hydrogen-bond donors (Lipinski definition) is 3. The topological polar surface area (TPSA) is 87.7 Å². The highest BCUT2D eigenvalue weighted by atomic mass is 32.1. The molecular formula is C17H15F3N2O4S. The molecule has 6 nitrogen and oxygen atoms in total. The fourth-order valence-corrected chi connectivity index (χ4v) is 3.70. The molecule has 0 spiro atoms. The molecule has 0 bridgehead atoms. The molecule has 144 valence electrons. The summed E-state index contributed by atoms with van der Waals surface area (Å²) < 4.78 is 46.1. The quantitative estimate of drug-likeness (QED) is 0.689. The van der Waals surface area contributed by atoms with Crippen molar-refractivity contribution in [3.8, 4) is 5.75 Å². The van der Waals surface area contributed by atoms with Crippen molar-refractivity contribution in [2.24, 2.45) is 5.92 Å². The zero-order chi connectivity index (χ0) is 19.8. The molecule has 3 rings (SSSR count). The van der Waals surface area contributed by atoms with Crippen LogP contribution in [0.2, 0.25) is 0 Å². The van der Waals surface area contributed by atoms with Gasteiger partial charge in [0.15, 0.2) is 5.78 Å². The van der Waals surface area contributed by atoms with E-state index in [1.165, 1.54) is 54.2 Å². The number of ketones is 1. The molecule has 1 aromatic heterocycles. The van der Waals surface area contributed by atoms with Crippen molar-refractivity contribution in [2.45, 2.75) is 17.9 Å². The molecule has 1 fully saturated rings. The van der Waals surface area contributed by atoms with Gasteiger partial charge in [0.1, 0.15) is 11.7 Å². The van der Waals surface area contributed by atoms with Crippen molar-refractivity contribution in [2.75, 3.05) is 7.11 Å². The van der Waals surface area contributed by atoms with E-state index in [2.05, 4.69) is 5.32 Å². The lowest BCUT2D eigenvalue weighted by atomic mass is 9.78. The molecule has 1 aromatic carbocycles. The van der Waals surface area contributed by atoms with Crippen LogP contribution in [-0.2, 0) is 0 Å².